The van der Waals surface area contributed by atoms with Gasteiger partial charge >= 0.3 is 0 Å². The number of ether oxygens (including phenoxy) is 1. The van der Waals surface area contributed by atoms with Gasteiger partial charge in [0.2, 0.25) is 5.95 Å². The van der Waals surface area contributed by atoms with Crippen LogP contribution in [-0.4, -0.2) is 47.2 Å². The van der Waals surface area contributed by atoms with Gasteiger partial charge < -0.3 is 9.64 Å². The Morgan fingerprint density at radius 1 is 1.17 bits per heavy atom. The standard InChI is InChI=1S/C19H23N4O/c1-14-12-17-5-4-16(13-18(17)24-14)15(2)22-8-10-23(11-9-22)19-20-6-3-7-21-19/h4-7,13-15H,8-12H2,1-2H3. The lowest BCUT2D eigenvalue weighted by molar-refractivity contribution is 0.197. The number of anilines is 1. The summed E-state index contributed by atoms with van der Waals surface area (Å²) in [5.74, 6) is 1.88. The molecule has 0 N–H and O–H groups in total. The van der Waals surface area contributed by atoms with Gasteiger partial charge in [0, 0.05) is 57.1 Å². The van der Waals surface area contributed by atoms with Crippen LogP contribution >= 0.6 is 0 Å². The Labute approximate surface area is 143 Å². The summed E-state index contributed by atoms with van der Waals surface area (Å²) >= 11 is 0. The molecule has 0 saturated carbocycles. The van der Waals surface area contributed by atoms with E-state index in [4.69, 9.17) is 4.74 Å². The van der Waals surface area contributed by atoms with Gasteiger partial charge in [0.1, 0.15) is 11.9 Å². The Bertz CT molecular complexity index is 698. The maximum Gasteiger partial charge on any atom is 0.225 e. The van der Waals surface area contributed by atoms with Gasteiger partial charge in [-0.05, 0) is 31.0 Å². The van der Waals surface area contributed by atoms with Crippen molar-refractivity contribution in [2.75, 3.05) is 31.1 Å². The predicted molar refractivity (Wildman–Crippen MR) is 93.3 cm³/mol. The summed E-state index contributed by atoms with van der Waals surface area (Å²) in [6.45, 7) is 8.34. The van der Waals surface area contributed by atoms with Crippen LogP contribution < -0.4 is 9.64 Å². The monoisotopic (exact) mass is 323 g/mol. The van der Waals surface area contributed by atoms with Gasteiger partial charge in [-0.3, -0.25) is 4.90 Å². The molecule has 1 radical (unpaired) electrons. The summed E-state index contributed by atoms with van der Waals surface area (Å²) in [6, 6.07) is 9.98. The number of piperazine rings is 1. The lowest BCUT2D eigenvalue weighted by Crippen LogP contribution is -2.47. The van der Waals surface area contributed by atoms with Crippen LogP contribution in [0.3, 0.4) is 0 Å². The minimum atomic E-state index is 0.303. The van der Waals surface area contributed by atoms with Gasteiger partial charge in [-0.25, -0.2) is 9.97 Å². The zero-order chi connectivity index (χ0) is 16.5. The quantitative estimate of drug-likeness (QED) is 0.868. The fourth-order valence-electron chi connectivity index (χ4n) is 3.62. The highest BCUT2D eigenvalue weighted by atomic mass is 16.5. The largest absolute Gasteiger partial charge is 0.490 e. The smallest absolute Gasteiger partial charge is 0.225 e. The van der Waals surface area contributed by atoms with Crippen LogP contribution in [0.4, 0.5) is 5.95 Å². The van der Waals surface area contributed by atoms with E-state index in [1.54, 1.807) is 12.4 Å². The number of rotatable bonds is 3. The molecular formula is C19H23N4O. The van der Waals surface area contributed by atoms with E-state index in [0.717, 1.165) is 44.3 Å². The number of benzene rings is 1. The molecule has 1 fully saturated rings. The van der Waals surface area contributed by atoms with E-state index in [1.807, 2.05) is 0 Å². The Balaban J connectivity index is 1.42. The van der Waals surface area contributed by atoms with Crippen molar-refractivity contribution in [2.24, 2.45) is 0 Å². The highest BCUT2D eigenvalue weighted by Crippen LogP contribution is 2.33. The molecule has 3 heterocycles. The van der Waals surface area contributed by atoms with E-state index in [-0.39, 0.29) is 0 Å². The van der Waals surface area contributed by atoms with Gasteiger partial charge in [-0.2, -0.15) is 0 Å². The van der Waals surface area contributed by atoms with E-state index in [2.05, 4.69) is 57.9 Å². The summed E-state index contributed by atoms with van der Waals surface area (Å²) in [5.41, 5.74) is 2.67. The second-order valence-corrected chi connectivity index (χ2v) is 6.68. The molecule has 1 aromatic carbocycles. The number of hydrogen-bond acceptors (Lipinski definition) is 5. The third-order valence-corrected chi connectivity index (χ3v) is 5.06. The first-order valence-corrected chi connectivity index (χ1v) is 8.67. The van der Waals surface area contributed by atoms with E-state index in [9.17, 15) is 0 Å². The maximum absolute atomic E-state index is 5.91. The first-order valence-electron chi connectivity index (χ1n) is 8.67. The summed E-state index contributed by atoms with van der Waals surface area (Å²) in [7, 11) is 0. The lowest BCUT2D eigenvalue weighted by atomic mass is 10.0. The molecule has 5 heteroatoms. The van der Waals surface area contributed by atoms with Crippen molar-refractivity contribution >= 4 is 5.95 Å². The molecule has 2 atom stereocenters. The van der Waals surface area contributed by atoms with Crippen LogP contribution in [0.25, 0.3) is 0 Å². The summed E-state index contributed by atoms with van der Waals surface area (Å²) < 4.78 is 5.91. The third-order valence-electron chi connectivity index (χ3n) is 5.06. The van der Waals surface area contributed by atoms with Gasteiger partial charge in [-0.15, -0.1) is 0 Å². The van der Waals surface area contributed by atoms with Crippen LogP contribution in [0.1, 0.15) is 31.0 Å². The van der Waals surface area contributed by atoms with Crippen LogP contribution in [-0.2, 0) is 6.42 Å². The minimum Gasteiger partial charge on any atom is -0.490 e. The fourth-order valence-corrected chi connectivity index (χ4v) is 3.62. The van der Waals surface area contributed by atoms with Crippen molar-refractivity contribution in [2.45, 2.75) is 32.4 Å². The number of hydrogen-bond donors (Lipinski definition) is 0. The molecule has 125 valence electrons. The van der Waals surface area contributed by atoms with Gasteiger partial charge in [0.05, 0.1) is 0 Å². The zero-order valence-corrected chi connectivity index (χ0v) is 14.3. The SMILES string of the molecule is CC1Cc2ccc(C(C)N3CCN(c4nc[c]cn4)CC3)cc2O1. The Morgan fingerprint density at radius 3 is 2.67 bits per heavy atom. The third kappa shape index (κ3) is 2.96. The van der Waals surface area contributed by atoms with Crippen molar-refractivity contribution in [3.8, 4) is 5.75 Å². The van der Waals surface area contributed by atoms with E-state index in [0.29, 0.717) is 12.1 Å². The molecule has 1 saturated heterocycles. The van der Waals surface area contributed by atoms with Crippen molar-refractivity contribution in [3.63, 3.8) is 0 Å². The average molecular weight is 323 g/mol. The first kappa shape index (κ1) is 15.4. The van der Waals surface area contributed by atoms with Crippen molar-refractivity contribution in [3.05, 3.63) is 47.8 Å². The summed E-state index contributed by atoms with van der Waals surface area (Å²) in [4.78, 5) is 13.4. The van der Waals surface area contributed by atoms with Gasteiger partial charge in [-0.1, -0.05) is 12.1 Å². The van der Waals surface area contributed by atoms with E-state index < -0.39 is 0 Å². The molecule has 1 aromatic heterocycles. The molecule has 2 aromatic rings. The Hall–Kier alpha value is -2.14. The molecule has 2 aliphatic rings. The Kier molecular flexibility index (Phi) is 4.10. The average Bonchev–Trinajstić information content (AvgIpc) is 3.01. The molecule has 2 unspecified atom stereocenters. The highest BCUT2D eigenvalue weighted by molar-refractivity contribution is 5.42. The molecule has 0 spiro atoms. The molecule has 0 aliphatic carbocycles. The second-order valence-electron chi connectivity index (χ2n) is 6.68. The topological polar surface area (TPSA) is 41.5 Å². The predicted octanol–water partition coefficient (Wildman–Crippen LogP) is 2.48. The van der Waals surface area contributed by atoms with Crippen molar-refractivity contribution in [1.29, 1.82) is 0 Å². The van der Waals surface area contributed by atoms with E-state index >= 15 is 0 Å². The lowest BCUT2D eigenvalue weighted by Gasteiger charge is -2.38. The van der Waals surface area contributed by atoms with E-state index in [1.165, 1.54) is 11.1 Å². The van der Waals surface area contributed by atoms with Crippen LogP contribution in [0.5, 0.6) is 5.75 Å². The molecule has 2 aliphatic heterocycles. The molecule has 4 rings (SSSR count). The normalized spacial score (nSPS) is 22.1. The van der Waals surface area contributed by atoms with Crippen molar-refractivity contribution < 1.29 is 4.74 Å². The summed E-state index contributed by atoms with van der Waals surface area (Å²) in [6.07, 6.45) is 4.69. The van der Waals surface area contributed by atoms with Crippen LogP contribution in [0.15, 0.2) is 30.6 Å². The number of nitrogens with zero attached hydrogens (tertiary/aromatic N) is 4. The highest BCUT2D eigenvalue weighted by Gasteiger charge is 2.25. The minimum absolute atomic E-state index is 0.303. The second kappa shape index (κ2) is 6.40. The molecule has 0 bridgehead atoms. The van der Waals surface area contributed by atoms with Gasteiger partial charge in [0.15, 0.2) is 0 Å². The van der Waals surface area contributed by atoms with Gasteiger partial charge in [0.25, 0.3) is 0 Å². The zero-order valence-electron chi connectivity index (χ0n) is 14.3. The van der Waals surface area contributed by atoms with Crippen LogP contribution in [0.2, 0.25) is 0 Å². The Morgan fingerprint density at radius 2 is 1.92 bits per heavy atom. The molecule has 0 amide bonds. The maximum atomic E-state index is 5.91. The molecule has 24 heavy (non-hydrogen) atoms. The summed E-state index contributed by atoms with van der Waals surface area (Å²) in [5, 5.41) is 0. The number of aromatic nitrogens is 2. The number of fused-ring (bicyclic) bond motifs is 1. The molecule has 5 nitrogen and oxygen atoms in total. The van der Waals surface area contributed by atoms with Crippen LogP contribution in [0, 0.1) is 6.07 Å². The fraction of sp³-hybridized carbons (Fsp3) is 0.474. The molecular weight excluding hydrogens is 300 g/mol. The first-order chi connectivity index (χ1) is 11.7. The van der Waals surface area contributed by atoms with Crippen molar-refractivity contribution in [1.82, 2.24) is 14.9 Å².